The summed E-state index contributed by atoms with van der Waals surface area (Å²) in [6.45, 7) is 0.302. The van der Waals surface area contributed by atoms with Crippen LogP contribution in [0.4, 0.5) is 29.3 Å². The first-order valence-electron chi connectivity index (χ1n) is 14.3. The average Bonchev–Trinajstić information content (AvgIpc) is 3.55. The van der Waals surface area contributed by atoms with Gasteiger partial charge in [0.05, 0.1) is 5.56 Å². The van der Waals surface area contributed by atoms with E-state index < -0.39 is 17.8 Å². The summed E-state index contributed by atoms with van der Waals surface area (Å²) < 4.78 is 54.6. The minimum atomic E-state index is -4.45. The second kappa shape index (κ2) is 13.7. The summed E-state index contributed by atoms with van der Waals surface area (Å²) in [5.41, 5.74) is 0.451. The van der Waals surface area contributed by atoms with Crippen molar-refractivity contribution in [2.24, 2.45) is 5.92 Å². The maximum atomic E-state index is 13.5. The molecule has 12 heteroatoms. The fourth-order valence-corrected chi connectivity index (χ4v) is 5.23. The van der Waals surface area contributed by atoms with Crippen LogP contribution in [0.5, 0.6) is 0 Å². The van der Waals surface area contributed by atoms with E-state index in [1.165, 1.54) is 24.6 Å². The van der Waals surface area contributed by atoms with E-state index in [0.29, 0.717) is 29.5 Å². The van der Waals surface area contributed by atoms with Crippen molar-refractivity contribution in [2.45, 2.75) is 63.8 Å². The van der Waals surface area contributed by atoms with Gasteiger partial charge in [-0.3, -0.25) is 9.36 Å². The molecule has 5 rings (SSSR count). The molecular weight excluding hydrogens is 562 g/mol. The molecule has 1 aliphatic carbocycles. The number of alkyl halides is 3. The van der Waals surface area contributed by atoms with E-state index in [1.807, 2.05) is 0 Å². The van der Waals surface area contributed by atoms with Crippen LogP contribution in [0.15, 0.2) is 73.3 Å². The first-order chi connectivity index (χ1) is 20.7. The van der Waals surface area contributed by atoms with Crippen LogP contribution in [0.1, 0.15) is 55.2 Å². The average molecular weight is 596 g/mol. The second-order valence-corrected chi connectivity index (χ2v) is 10.7. The van der Waals surface area contributed by atoms with Crippen LogP contribution < -0.4 is 16.0 Å². The van der Waals surface area contributed by atoms with E-state index in [0.717, 1.165) is 43.4 Å². The summed E-state index contributed by atoms with van der Waals surface area (Å²) >= 11 is 0. The number of halogens is 4. The van der Waals surface area contributed by atoms with Crippen molar-refractivity contribution in [3.05, 3.63) is 95.8 Å². The maximum Gasteiger partial charge on any atom is 0.416 e. The van der Waals surface area contributed by atoms with Gasteiger partial charge < -0.3 is 16.0 Å². The van der Waals surface area contributed by atoms with Gasteiger partial charge in [-0.25, -0.2) is 9.37 Å². The van der Waals surface area contributed by atoms with Gasteiger partial charge in [0.25, 0.3) is 0 Å². The van der Waals surface area contributed by atoms with E-state index in [-0.39, 0.29) is 30.8 Å². The molecule has 1 saturated carbocycles. The minimum absolute atomic E-state index is 0.0560. The van der Waals surface area contributed by atoms with E-state index in [2.05, 4.69) is 30.9 Å². The molecule has 1 aliphatic rings. The summed E-state index contributed by atoms with van der Waals surface area (Å²) in [5, 5.41) is 9.28. The fraction of sp³-hybridized carbons (Fsp3) is 0.355. The number of hydrogen-bond acceptors (Lipinski definition) is 6. The number of carbonyl (C=O) groups is 1. The molecule has 2 heterocycles. The Balaban J connectivity index is 1.36. The zero-order valence-corrected chi connectivity index (χ0v) is 23.4. The highest BCUT2D eigenvalue weighted by molar-refractivity contribution is 5.84. The van der Waals surface area contributed by atoms with Gasteiger partial charge in [-0.05, 0) is 47.7 Å². The van der Waals surface area contributed by atoms with Gasteiger partial charge in [0.15, 0.2) is 0 Å². The molecule has 43 heavy (non-hydrogen) atoms. The maximum absolute atomic E-state index is 13.5. The quantitative estimate of drug-likeness (QED) is 0.171. The van der Waals surface area contributed by atoms with Crippen LogP contribution >= 0.6 is 0 Å². The molecule has 0 unspecified atom stereocenters. The van der Waals surface area contributed by atoms with Gasteiger partial charge in [0.1, 0.15) is 29.8 Å². The summed E-state index contributed by atoms with van der Waals surface area (Å²) in [6, 6.07) is 12.1. The number of amides is 1. The van der Waals surface area contributed by atoms with Crippen LogP contribution in [-0.4, -0.2) is 31.5 Å². The fourth-order valence-electron chi connectivity index (χ4n) is 5.23. The first kappa shape index (κ1) is 30.0. The summed E-state index contributed by atoms with van der Waals surface area (Å²) in [5.74, 6) is 0.830. The molecule has 3 N–H and O–H groups in total. The van der Waals surface area contributed by atoms with Crippen LogP contribution in [0, 0.1) is 11.7 Å². The SMILES string of the molecule is O=C(NCc1ccc(F)cc1)[C@@H](CC1CCCCC1)Nc1cc(-n2ccnc2)nc(NCc2cccc(C(F)(F)F)c2)n1. The Bertz CT molecular complexity index is 1490. The second-order valence-electron chi connectivity index (χ2n) is 10.7. The van der Waals surface area contributed by atoms with Crippen molar-refractivity contribution in [1.29, 1.82) is 0 Å². The van der Waals surface area contributed by atoms with E-state index in [1.54, 1.807) is 47.6 Å². The molecule has 1 fully saturated rings. The number of carbonyl (C=O) groups excluding carboxylic acids is 1. The van der Waals surface area contributed by atoms with Crippen molar-refractivity contribution in [2.75, 3.05) is 10.6 Å². The Hall–Kier alpha value is -4.48. The lowest BCUT2D eigenvalue weighted by Crippen LogP contribution is -2.41. The van der Waals surface area contributed by atoms with Gasteiger partial charge >= 0.3 is 6.18 Å². The van der Waals surface area contributed by atoms with Crippen molar-refractivity contribution < 1.29 is 22.4 Å². The third kappa shape index (κ3) is 8.52. The van der Waals surface area contributed by atoms with Gasteiger partial charge in [-0.15, -0.1) is 0 Å². The molecule has 226 valence electrons. The summed E-state index contributed by atoms with van der Waals surface area (Å²) in [7, 11) is 0. The highest BCUT2D eigenvalue weighted by Gasteiger charge is 2.30. The third-order valence-corrected chi connectivity index (χ3v) is 7.50. The predicted molar refractivity (Wildman–Crippen MR) is 155 cm³/mol. The molecule has 1 atom stereocenters. The molecule has 0 aliphatic heterocycles. The third-order valence-electron chi connectivity index (χ3n) is 7.50. The zero-order chi connectivity index (χ0) is 30.2. The summed E-state index contributed by atoms with van der Waals surface area (Å²) in [4.78, 5) is 26.6. The number of benzene rings is 2. The Morgan fingerprint density at radius 2 is 1.77 bits per heavy atom. The normalized spacial score (nSPS) is 14.7. The molecule has 1 amide bonds. The van der Waals surface area contributed by atoms with Gasteiger partial charge in [0, 0.05) is 31.5 Å². The number of nitrogens with one attached hydrogen (secondary N) is 3. The number of aromatic nitrogens is 4. The highest BCUT2D eigenvalue weighted by atomic mass is 19.4. The Kier molecular flexibility index (Phi) is 9.53. The number of imidazole rings is 1. The molecule has 2 aromatic carbocycles. The van der Waals surface area contributed by atoms with Crippen LogP contribution in [0.2, 0.25) is 0 Å². The molecule has 0 bridgehead atoms. The molecule has 0 spiro atoms. The minimum Gasteiger partial charge on any atom is -0.358 e. The van der Waals surface area contributed by atoms with E-state index >= 15 is 0 Å². The van der Waals surface area contributed by atoms with Crippen molar-refractivity contribution in [3.63, 3.8) is 0 Å². The number of hydrogen-bond donors (Lipinski definition) is 3. The lowest BCUT2D eigenvalue weighted by Gasteiger charge is -2.27. The standard InChI is InChI=1S/C31H33F4N7O/c32-25-11-9-22(10-12-25)18-37-29(43)26(16-21-5-2-1-3-6-21)39-27-17-28(42-14-13-36-20-42)41-30(40-27)38-19-23-7-4-8-24(15-23)31(33,34)35/h4,7-15,17,20-21,26H,1-3,5-6,16,18-19H2,(H,37,43)(H2,38,39,40,41)/t26-/m1/s1. The summed E-state index contributed by atoms with van der Waals surface area (Å²) in [6.07, 6.45) is 6.53. The number of nitrogens with zero attached hydrogens (tertiary/aromatic N) is 4. The van der Waals surface area contributed by atoms with Crippen molar-refractivity contribution in [3.8, 4) is 5.82 Å². The smallest absolute Gasteiger partial charge is 0.358 e. The number of anilines is 2. The molecule has 0 radical (unpaired) electrons. The lowest BCUT2D eigenvalue weighted by molar-refractivity contribution is -0.137. The largest absolute Gasteiger partial charge is 0.416 e. The predicted octanol–water partition coefficient (Wildman–Crippen LogP) is 6.50. The van der Waals surface area contributed by atoms with Crippen LogP contribution in [0.25, 0.3) is 5.82 Å². The molecule has 2 aromatic heterocycles. The Morgan fingerprint density at radius 1 is 0.977 bits per heavy atom. The van der Waals surface area contributed by atoms with Crippen LogP contribution in [-0.2, 0) is 24.1 Å². The zero-order valence-electron chi connectivity index (χ0n) is 23.4. The van der Waals surface area contributed by atoms with Gasteiger partial charge in [0.2, 0.25) is 11.9 Å². The van der Waals surface area contributed by atoms with Gasteiger partial charge in [-0.1, -0.05) is 56.4 Å². The van der Waals surface area contributed by atoms with Crippen molar-refractivity contribution in [1.82, 2.24) is 24.8 Å². The topological polar surface area (TPSA) is 96.8 Å². The number of rotatable bonds is 11. The van der Waals surface area contributed by atoms with E-state index in [4.69, 9.17) is 0 Å². The van der Waals surface area contributed by atoms with Crippen LogP contribution in [0.3, 0.4) is 0 Å². The highest BCUT2D eigenvalue weighted by Crippen LogP contribution is 2.30. The van der Waals surface area contributed by atoms with Crippen molar-refractivity contribution >= 4 is 17.7 Å². The monoisotopic (exact) mass is 595 g/mol. The Labute approximate surface area is 247 Å². The molecule has 4 aromatic rings. The molecule has 0 saturated heterocycles. The first-order valence-corrected chi connectivity index (χ1v) is 14.3. The van der Waals surface area contributed by atoms with Gasteiger partial charge in [-0.2, -0.15) is 23.1 Å². The molecular formula is C31H33F4N7O. The van der Waals surface area contributed by atoms with E-state index in [9.17, 15) is 22.4 Å². The Morgan fingerprint density at radius 3 is 2.49 bits per heavy atom. The lowest BCUT2D eigenvalue weighted by atomic mass is 9.84. The molecule has 8 nitrogen and oxygen atoms in total.